The molecule has 0 unspecified atom stereocenters. The number of guanidine groups is 1. The van der Waals surface area contributed by atoms with Crippen LogP contribution in [0.15, 0.2) is 58.1 Å². The number of esters is 1. The van der Waals surface area contributed by atoms with Crippen molar-refractivity contribution in [3.63, 3.8) is 0 Å². The first kappa shape index (κ1) is 22.9. The molecule has 0 saturated carbocycles. The molecule has 3 aromatic rings. The molecule has 0 amide bonds. The van der Waals surface area contributed by atoms with Gasteiger partial charge < -0.3 is 24.5 Å². The van der Waals surface area contributed by atoms with E-state index < -0.39 is 5.97 Å². The summed E-state index contributed by atoms with van der Waals surface area (Å²) in [4.78, 5) is 21.1. The number of oxazole rings is 1. The summed E-state index contributed by atoms with van der Waals surface area (Å²) in [7, 11) is 2.86. The largest absolute Gasteiger partial charge is 0.496 e. The zero-order chi connectivity index (χ0) is 22.9. The molecule has 0 aliphatic heterocycles. The summed E-state index contributed by atoms with van der Waals surface area (Å²) in [6.07, 6.45) is 1.64. The highest BCUT2D eigenvalue weighted by Crippen LogP contribution is 2.21. The van der Waals surface area contributed by atoms with E-state index in [2.05, 4.69) is 20.6 Å². The summed E-state index contributed by atoms with van der Waals surface area (Å²) in [5.41, 5.74) is 4.11. The van der Waals surface area contributed by atoms with Crippen LogP contribution >= 0.6 is 0 Å². The van der Waals surface area contributed by atoms with Gasteiger partial charge in [0, 0.05) is 12.1 Å². The molecule has 0 atom stereocenters. The smallest absolute Gasteiger partial charge is 0.341 e. The number of nitrogens with one attached hydrogen (secondary N) is 2. The van der Waals surface area contributed by atoms with E-state index in [4.69, 9.17) is 13.9 Å². The number of carbonyl (C=O) groups is 1. The van der Waals surface area contributed by atoms with Crippen molar-refractivity contribution in [1.29, 1.82) is 0 Å². The number of hydrogen-bond donors (Lipinski definition) is 2. The van der Waals surface area contributed by atoms with Gasteiger partial charge in [0.15, 0.2) is 5.96 Å². The summed E-state index contributed by atoms with van der Waals surface area (Å²) < 4.78 is 15.7. The topological polar surface area (TPSA) is 98.0 Å². The number of aromatic nitrogens is 1. The van der Waals surface area contributed by atoms with E-state index >= 15 is 0 Å². The van der Waals surface area contributed by atoms with Gasteiger partial charge >= 0.3 is 5.97 Å². The lowest BCUT2D eigenvalue weighted by molar-refractivity contribution is 0.0597. The molecule has 0 spiro atoms. The Labute approximate surface area is 187 Å². The van der Waals surface area contributed by atoms with Crippen LogP contribution in [0.4, 0.5) is 0 Å². The van der Waals surface area contributed by atoms with Crippen LogP contribution in [0.2, 0.25) is 0 Å². The second-order valence-corrected chi connectivity index (χ2v) is 7.08. The number of hydrogen-bond acceptors (Lipinski definition) is 6. The highest BCUT2D eigenvalue weighted by atomic mass is 16.5. The van der Waals surface area contributed by atoms with Gasteiger partial charge in [-0.2, -0.15) is 0 Å². The molecule has 0 radical (unpaired) electrons. The third kappa shape index (κ3) is 5.87. The van der Waals surface area contributed by atoms with Crippen LogP contribution in [0.1, 0.15) is 34.1 Å². The predicted octanol–water partition coefficient (Wildman–Crippen LogP) is 3.70. The van der Waals surface area contributed by atoms with E-state index in [-0.39, 0.29) is 0 Å². The van der Waals surface area contributed by atoms with Gasteiger partial charge in [0.25, 0.3) is 0 Å². The Balaban J connectivity index is 1.67. The highest BCUT2D eigenvalue weighted by Gasteiger charge is 2.13. The third-order valence-electron chi connectivity index (χ3n) is 4.72. The number of carbonyl (C=O) groups excluding carboxylic acids is 1. The van der Waals surface area contributed by atoms with Gasteiger partial charge in [-0.25, -0.2) is 14.8 Å². The Kier molecular flexibility index (Phi) is 7.85. The maximum absolute atomic E-state index is 12.0. The SMILES string of the molecule is CCNC(=NCc1ccc(OC)c(C(=O)OC)c1)NCc1coc(-c2ccc(C)cc2)n1. The van der Waals surface area contributed by atoms with Gasteiger partial charge in [0.1, 0.15) is 17.6 Å². The molecule has 3 rings (SSSR count). The fraction of sp³-hybridized carbons (Fsp3) is 0.292. The molecule has 0 aliphatic rings. The zero-order valence-electron chi connectivity index (χ0n) is 18.8. The van der Waals surface area contributed by atoms with Crippen molar-refractivity contribution in [3.8, 4) is 17.2 Å². The molecule has 8 heteroatoms. The van der Waals surface area contributed by atoms with Gasteiger partial charge in [-0.05, 0) is 43.7 Å². The lowest BCUT2D eigenvalue weighted by atomic mass is 10.1. The number of rotatable bonds is 8. The minimum atomic E-state index is -0.451. The Morgan fingerprint density at radius 3 is 2.59 bits per heavy atom. The standard InChI is InChI=1S/C24H28N4O4/c1-5-25-24(26-13-17-8-11-21(30-3)20(12-17)23(29)31-4)27-14-19-15-32-22(28-19)18-9-6-16(2)7-10-18/h6-12,15H,5,13-14H2,1-4H3,(H2,25,26,27). The van der Waals surface area contributed by atoms with E-state index in [0.29, 0.717) is 42.8 Å². The van der Waals surface area contributed by atoms with Crippen LogP contribution in [0.25, 0.3) is 11.5 Å². The number of aryl methyl sites for hydroxylation is 1. The molecule has 168 valence electrons. The maximum atomic E-state index is 12.0. The van der Waals surface area contributed by atoms with Crippen molar-refractivity contribution in [1.82, 2.24) is 15.6 Å². The van der Waals surface area contributed by atoms with Crippen molar-refractivity contribution in [2.45, 2.75) is 26.9 Å². The van der Waals surface area contributed by atoms with Crippen LogP contribution in [0.3, 0.4) is 0 Å². The fourth-order valence-electron chi connectivity index (χ4n) is 3.03. The lowest BCUT2D eigenvalue weighted by Crippen LogP contribution is -2.36. The van der Waals surface area contributed by atoms with Gasteiger partial charge in [-0.15, -0.1) is 0 Å². The number of nitrogens with zero attached hydrogens (tertiary/aromatic N) is 2. The Hall–Kier alpha value is -3.81. The first-order chi connectivity index (χ1) is 15.5. The molecule has 0 aliphatic carbocycles. The zero-order valence-corrected chi connectivity index (χ0v) is 18.8. The van der Waals surface area contributed by atoms with E-state index in [0.717, 1.165) is 16.8 Å². The normalized spacial score (nSPS) is 11.2. The lowest BCUT2D eigenvalue weighted by Gasteiger charge is -2.11. The predicted molar refractivity (Wildman–Crippen MR) is 123 cm³/mol. The Morgan fingerprint density at radius 2 is 1.91 bits per heavy atom. The molecule has 32 heavy (non-hydrogen) atoms. The van der Waals surface area contributed by atoms with Crippen molar-refractivity contribution in [2.24, 2.45) is 4.99 Å². The summed E-state index contributed by atoms with van der Waals surface area (Å²) in [5, 5.41) is 6.46. The number of aliphatic imine (C=N–C) groups is 1. The fourth-order valence-corrected chi connectivity index (χ4v) is 3.03. The average Bonchev–Trinajstić information content (AvgIpc) is 3.29. The maximum Gasteiger partial charge on any atom is 0.341 e. The third-order valence-corrected chi connectivity index (χ3v) is 4.72. The van der Waals surface area contributed by atoms with Crippen molar-refractivity contribution >= 4 is 11.9 Å². The monoisotopic (exact) mass is 436 g/mol. The molecular weight excluding hydrogens is 408 g/mol. The van der Waals surface area contributed by atoms with Crippen molar-refractivity contribution < 1.29 is 18.7 Å². The highest BCUT2D eigenvalue weighted by molar-refractivity contribution is 5.92. The number of methoxy groups -OCH3 is 2. The average molecular weight is 437 g/mol. The second kappa shape index (κ2) is 11.0. The van der Waals surface area contributed by atoms with Gasteiger partial charge in [0.05, 0.1) is 33.0 Å². The second-order valence-electron chi connectivity index (χ2n) is 7.08. The minimum absolute atomic E-state index is 0.367. The summed E-state index contributed by atoms with van der Waals surface area (Å²) >= 11 is 0. The number of benzene rings is 2. The molecule has 8 nitrogen and oxygen atoms in total. The summed E-state index contributed by atoms with van der Waals surface area (Å²) in [5.74, 6) is 1.22. The molecule has 2 N–H and O–H groups in total. The number of ether oxygens (including phenoxy) is 2. The molecule has 0 saturated heterocycles. The Morgan fingerprint density at radius 1 is 1.12 bits per heavy atom. The van der Waals surface area contributed by atoms with Crippen LogP contribution in [0.5, 0.6) is 5.75 Å². The molecular formula is C24H28N4O4. The first-order valence-corrected chi connectivity index (χ1v) is 10.3. The molecule has 0 bridgehead atoms. The van der Waals surface area contributed by atoms with Crippen LogP contribution < -0.4 is 15.4 Å². The van der Waals surface area contributed by atoms with Gasteiger partial charge in [-0.3, -0.25) is 0 Å². The quantitative estimate of drug-likeness (QED) is 0.316. The van der Waals surface area contributed by atoms with E-state index in [1.54, 1.807) is 18.4 Å². The summed E-state index contributed by atoms with van der Waals surface area (Å²) in [6, 6.07) is 13.4. The first-order valence-electron chi connectivity index (χ1n) is 10.3. The molecule has 1 heterocycles. The van der Waals surface area contributed by atoms with E-state index in [9.17, 15) is 4.79 Å². The van der Waals surface area contributed by atoms with Crippen LogP contribution in [-0.2, 0) is 17.8 Å². The van der Waals surface area contributed by atoms with Gasteiger partial charge in [-0.1, -0.05) is 23.8 Å². The van der Waals surface area contributed by atoms with Crippen molar-refractivity contribution in [2.75, 3.05) is 20.8 Å². The van der Waals surface area contributed by atoms with Gasteiger partial charge in [0.2, 0.25) is 5.89 Å². The summed E-state index contributed by atoms with van der Waals surface area (Å²) in [6.45, 7) is 5.56. The molecule has 1 aromatic heterocycles. The van der Waals surface area contributed by atoms with Crippen LogP contribution in [0, 0.1) is 6.92 Å². The van der Waals surface area contributed by atoms with E-state index in [1.165, 1.54) is 19.8 Å². The molecule has 2 aromatic carbocycles. The van der Waals surface area contributed by atoms with Crippen LogP contribution in [-0.4, -0.2) is 37.7 Å². The van der Waals surface area contributed by atoms with E-state index in [1.807, 2.05) is 44.2 Å². The minimum Gasteiger partial charge on any atom is -0.496 e. The Bertz CT molecular complexity index is 1070. The molecule has 0 fully saturated rings. The van der Waals surface area contributed by atoms with Crippen molar-refractivity contribution in [3.05, 3.63) is 71.1 Å².